The van der Waals surface area contributed by atoms with Crippen LogP contribution in [0.1, 0.15) is 12.2 Å². The number of nitrogens with one attached hydrogen (secondary N) is 2. The maximum Gasteiger partial charge on any atom is 0.322 e. The van der Waals surface area contributed by atoms with E-state index in [9.17, 15) is 9.59 Å². The third-order valence-corrected chi connectivity index (χ3v) is 5.54. The lowest BCUT2D eigenvalue weighted by Crippen LogP contribution is -2.43. The largest absolute Gasteiger partial charge is 0.379 e. The van der Waals surface area contributed by atoms with Gasteiger partial charge in [-0.05, 0) is 25.5 Å². The molecule has 1 aliphatic heterocycles. The molecule has 1 aromatic heterocycles. The molecule has 3 rings (SSSR count). The van der Waals surface area contributed by atoms with E-state index in [1.54, 1.807) is 31.2 Å². The summed E-state index contributed by atoms with van der Waals surface area (Å²) in [5.41, 5.74) is 0.380. The summed E-state index contributed by atoms with van der Waals surface area (Å²) in [6.07, 6.45) is 0.701. The first-order valence-electron chi connectivity index (χ1n) is 9.95. The Bertz CT molecular complexity index is 901. The van der Waals surface area contributed by atoms with E-state index in [-0.39, 0.29) is 17.5 Å². The molecule has 3 amide bonds. The zero-order valence-corrected chi connectivity index (χ0v) is 18.7. The maximum atomic E-state index is 12.9. The van der Waals surface area contributed by atoms with Gasteiger partial charge >= 0.3 is 6.03 Å². The molecule has 31 heavy (non-hydrogen) atoms. The molecular weight excluding hydrogens is 445 g/mol. The van der Waals surface area contributed by atoms with Crippen LogP contribution in [0.25, 0.3) is 0 Å². The molecular formula is C20H25Cl2N5O4. The molecule has 0 saturated carbocycles. The molecule has 168 valence electrons. The van der Waals surface area contributed by atoms with Gasteiger partial charge in [0.25, 0.3) is 0 Å². The number of morpholine rings is 1. The van der Waals surface area contributed by atoms with Gasteiger partial charge in [0.05, 0.1) is 28.9 Å². The molecule has 0 unspecified atom stereocenters. The molecule has 9 nitrogen and oxygen atoms in total. The highest BCUT2D eigenvalue weighted by atomic mass is 35.5. The highest BCUT2D eigenvalue weighted by molar-refractivity contribution is 6.43. The summed E-state index contributed by atoms with van der Waals surface area (Å²) < 4.78 is 10.3. The number of ether oxygens (including phenoxy) is 1. The Morgan fingerprint density at radius 3 is 2.71 bits per heavy atom. The average Bonchev–Trinajstić information content (AvgIpc) is 3.15. The number of urea groups is 1. The number of nitrogens with zero attached hydrogens (tertiary/aromatic N) is 3. The Morgan fingerprint density at radius 1 is 1.23 bits per heavy atom. The summed E-state index contributed by atoms with van der Waals surface area (Å²) in [5.74, 6) is 0.493. The standard InChI is InChI=1S/C20H25Cl2N5O4/c1-14-12-17(25-31-14)24-18(28)13-27(7-3-6-26-8-10-30-11-9-26)20(29)23-16-5-2-4-15(21)19(16)22/h2,4-5,12H,3,6-11,13H2,1H3,(H,23,29)(H,24,25,28). The first-order chi connectivity index (χ1) is 14.9. The number of carbonyl (C=O) groups is 2. The van der Waals surface area contributed by atoms with Crippen LogP contribution in [0.2, 0.25) is 10.0 Å². The predicted octanol–water partition coefficient (Wildman–Crippen LogP) is 3.48. The fourth-order valence-corrected chi connectivity index (χ4v) is 3.49. The number of benzene rings is 1. The van der Waals surface area contributed by atoms with Crippen molar-refractivity contribution >= 4 is 46.6 Å². The molecule has 2 heterocycles. The van der Waals surface area contributed by atoms with Gasteiger partial charge in [-0.2, -0.15) is 0 Å². The Kier molecular flexibility index (Phi) is 8.53. The Morgan fingerprint density at radius 2 is 2.00 bits per heavy atom. The van der Waals surface area contributed by atoms with E-state index >= 15 is 0 Å². The number of hydrogen-bond donors (Lipinski definition) is 2. The SMILES string of the molecule is Cc1cc(NC(=O)CN(CCCN2CCOCC2)C(=O)Nc2cccc(Cl)c2Cl)no1. The molecule has 1 saturated heterocycles. The molecule has 0 spiro atoms. The monoisotopic (exact) mass is 469 g/mol. The molecule has 1 aliphatic rings. The lowest BCUT2D eigenvalue weighted by Gasteiger charge is -2.28. The topological polar surface area (TPSA) is 99.9 Å². The zero-order chi connectivity index (χ0) is 22.2. The Hall–Kier alpha value is -2.33. The predicted molar refractivity (Wildman–Crippen MR) is 119 cm³/mol. The number of aromatic nitrogens is 1. The van der Waals surface area contributed by atoms with Crippen LogP contribution in [-0.2, 0) is 9.53 Å². The van der Waals surface area contributed by atoms with Gasteiger partial charge in [-0.15, -0.1) is 0 Å². The second-order valence-corrected chi connectivity index (χ2v) is 7.92. The van der Waals surface area contributed by atoms with Gasteiger partial charge in [0.15, 0.2) is 5.82 Å². The molecule has 0 atom stereocenters. The van der Waals surface area contributed by atoms with Crippen LogP contribution >= 0.6 is 23.2 Å². The second-order valence-electron chi connectivity index (χ2n) is 7.13. The number of aryl methyl sites for hydroxylation is 1. The van der Waals surface area contributed by atoms with Crippen LogP contribution in [0.4, 0.5) is 16.3 Å². The minimum Gasteiger partial charge on any atom is -0.379 e. The van der Waals surface area contributed by atoms with Crippen LogP contribution in [0, 0.1) is 6.92 Å². The quantitative estimate of drug-likeness (QED) is 0.613. The van der Waals surface area contributed by atoms with Gasteiger partial charge in [0.2, 0.25) is 5.91 Å². The molecule has 2 N–H and O–H groups in total. The van der Waals surface area contributed by atoms with Gasteiger partial charge in [0, 0.05) is 32.2 Å². The lowest BCUT2D eigenvalue weighted by atomic mass is 10.3. The van der Waals surface area contributed by atoms with E-state index < -0.39 is 6.03 Å². The van der Waals surface area contributed by atoms with Crippen molar-refractivity contribution in [3.05, 3.63) is 40.1 Å². The summed E-state index contributed by atoms with van der Waals surface area (Å²) in [4.78, 5) is 29.1. The molecule has 0 aliphatic carbocycles. The van der Waals surface area contributed by atoms with Crippen molar-refractivity contribution in [3.63, 3.8) is 0 Å². The lowest BCUT2D eigenvalue weighted by molar-refractivity contribution is -0.116. The second kappa shape index (κ2) is 11.3. The number of anilines is 2. The van der Waals surface area contributed by atoms with Gasteiger partial charge < -0.3 is 24.8 Å². The minimum absolute atomic E-state index is 0.154. The van der Waals surface area contributed by atoms with Crippen LogP contribution < -0.4 is 10.6 Å². The average molecular weight is 470 g/mol. The van der Waals surface area contributed by atoms with Crippen molar-refractivity contribution in [2.75, 3.05) is 56.6 Å². The summed E-state index contributed by atoms with van der Waals surface area (Å²) in [7, 11) is 0. The summed E-state index contributed by atoms with van der Waals surface area (Å²) in [6, 6.07) is 6.12. The van der Waals surface area contributed by atoms with Crippen molar-refractivity contribution in [2.45, 2.75) is 13.3 Å². The van der Waals surface area contributed by atoms with Crippen molar-refractivity contribution in [2.24, 2.45) is 0 Å². The van der Waals surface area contributed by atoms with Crippen LogP contribution in [0.3, 0.4) is 0 Å². The van der Waals surface area contributed by atoms with Gasteiger partial charge in [-0.25, -0.2) is 4.79 Å². The minimum atomic E-state index is -0.447. The first kappa shape index (κ1) is 23.3. The fourth-order valence-electron chi connectivity index (χ4n) is 3.14. The number of halogens is 2. The molecule has 1 aromatic carbocycles. The van der Waals surface area contributed by atoms with Crippen LogP contribution in [-0.4, -0.2) is 72.8 Å². The van der Waals surface area contributed by atoms with Crippen molar-refractivity contribution < 1.29 is 18.8 Å². The Balaban J connectivity index is 1.62. The van der Waals surface area contributed by atoms with Gasteiger partial charge in [-0.1, -0.05) is 34.4 Å². The van der Waals surface area contributed by atoms with Gasteiger partial charge in [0.1, 0.15) is 12.3 Å². The maximum absolute atomic E-state index is 12.9. The molecule has 0 radical (unpaired) electrons. The van der Waals surface area contributed by atoms with E-state index in [2.05, 4.69) is 20.7 Å². The van der Waals surface area contributed by atoms with Crippen molar-refractivity contribution in [1.29, 1.82) is 0 Å². The van der Waals surface area contributed by atoms with Crippen molar-refractivity contribution in [1.82, 2.24) is 15.0 Å². The van der Waals surface area contributed by atoms with E-state index in [1.165, 1.54) is 4.90 Å². The summed E-state index contributed by atoms with van der Waals surface area (Å²) in [6.45, 7) is 5.88. The zero-order valence-electron chi connectivity index (χ0n) is 17.2. The Labute approximate surface area is 190 Å². The van der Waals surface area contributed by atoms with Crippen LogP contribution in [0.5, 0.6) is 0 Å². The van der Waals surface area contributed by atoms with Crippen molar-refractivity contribution in [3.8, 4) is 0 Å². The highest BCUT2D eigenvalue weighted by Gasteiger charge is 2.20. The molecule has 11 heteroatoms. The number of hydrogen-bond acceptors (Lipinski definition) is 6. The van der Waals surface area contributed by atoms with E-state index in [0.717, 1.165) is 19.6 Å². The highest BCUT2D eigenvalue weighted by Crippen LogP contribution is 2.29. The fraction of sp³-hybridized carbons (Fsp3) is 0.450. The van der Waals surface area contributed by atoms with Crippen LogP contribution in [0.15, 0.2) is 28.8 Å². The third kappa shape index (κ3) is 7.10. The summed E-state index contributed by atoms with van der Waals surface area (Å²) in [5, 5.41) is 9.69. The van der Waals surface area contributed by atoms with E-state index in [0.29, 0.717) is 48.5 Å². The molecule has 2 aromatic rings. The molecule has 1 fully saturated rings. The number of rotatable bonds is 8. The van der Waals surface area contributed by atoms with E-state index in [4.69, 9.17) is 32.5 Å². The van der Waals surface area contributed by atoms with E-state index in [1.807, 2.05) is 0 Å². The third-order valence-electron chi connectivity index (χ3n) is 4.72. The smallest absolute Gasteiger partial charge is 0.322 e. The summed E-state index contributed by atoms with van der Waals surface area (Å²) >= 11 is 12.2. The number of amides is 3. The van der Waals surface area contributed by atoms with Gasteiger partial charge in [-0.3, -0.25) is 9.69 Å². The number of carbonyl (C=O) groups excluding carboxylic acids is 2. The normalized spacial score (nSPS) is 14.3. The molecule has 0 bridgehead atoms. The first-order valence-corrected chi connectivity index (χ1v) is 10.7.